The molecule has 168 valence electrons. The van der Waals surface area contributed by atoms with E-state index in [-0.39, 0.29) is 36.2 Å². The number of fused-ring (bicyclic) bond motifs is 1. The lowest BCUT2D eigenvalue weighted by Crippen LogP contribution is -2.68. The van der Waals surface area contributed by atoms with Crippen molar-refractivity contribution < 1.29 is 18.8 Å². The third-order valence-electron chi connectivity index (χ3n) is 6.26. The Kier molecular flexibility index (Phi) is 6.26. The van der Waals surface area contributed by atoms with Gasteiger partial charge in [-0.25, -0.2) is 4.39 Å². The van der Waals surface area contributed by atoms with Gasteiger partial charge in [0, 0.05) is 17.3 Å². The van der Waals surface area contributed by atoms with Crippen LogP contribution in [0.5, 0.6) is 0 Å². The summed E-state index contributed by atoms with van der Waals surface area (Å²) in [4.78, 5) is 40.9. The van der Waals surface area contributed by atoms with Crippen LogP contribution in [0.15, 0.2) is 42.5 Å². The number of hydrogen-bond acceptors (Lipinski definition) is 3. The summed E-state index contributed by atoms with van der Waals surface area (Å²) in [7, 11) is 0. The molecular weight excluding hydrogens is 409 g/mol. The molecule has 2 aliphatic rings. The summed E-state index contributed by atoms with van der Waals surface area (Å²) >= 11 is 0. The van der Waals surface area contributed by atoms with E-state index in [0.29, 0.717) is 11.3 Å². The summed E-state index contributed by atoms with van der Waals surface area (Å²) in [6, 6.07) is 9.83. The first-order valence-corrected chi connectivity index (χ1v) is 11.1. The molecule has 0 aromatic heterocycles. The average molecular weight is 438 g/mol. The third-order valence-corrected chi connectivity index (χ3v) is 6.26. The molecule has 1 heterocycles. The Balaban J connectivity index is 1.59. The van der Waals surface area contributed by atoms with E-state index >= 15 is 0 Å². The Morgan fingerprint density at radius 2 is 1.72 bits per heavy atom. The predicted molar refractivity (Wildman–Crippen MR) is 120 cm³/mol. The van der Waals surface area contributed by atoms with Crippen LogP contribution in [0.3, 0.4) is 0 Å². The summed E-state index contributed by atoms with van der Waals surface area (Å²) in [6.45, 7) is 3.90. The zero-order valence-electron chi connectivity index (χ0n) is 18.4. The Labute approximate surface area is 187 Å². The average Bonchev–Trinajstić information content (AvgIpc) is 2.73. The van der Waals surface area contributed by atoms with Crippen molar-refractivity contribution in [2.45, 2.75) is 64.1 Å². The van der Waals surface area contributed by atoms with Gasteiger partial charge in [0.15, 0.2) is 0 Å². The Morgan fingerprint density at radius 1 is 1.06 bits per heavy atom. The highest BCUT2D eigenvalue weighted by molar-refractivity contribution is 6.01. The van der Waals surface area contributed by atoms with Gasteiger partial charge in [-0.05, 0) is 74.2 Å². The van der Waals surface area contributed by atoms with Crippen LogP contribution < -0.4 is 10.6 Å². The molecule has 6 nitrogen and oxygen atoms in total. The smallest absolute Gasteiger partial charge is 0.254 e. The first kappa shape index (κ1) is 22.0. The maximum atomic E-state index is 13.4. The van der Waals surface area contributed by atoms with E-state index in [0.717, 1.165) is 36.8 Å². The number of nitrogens with zero attached hydrogens (tertiary/aromatic N) is 1. The van der Waals surface area contributed by atoms with Gasteiger partial charge in [-0.3, -0.25) is 14.4 Å². The number of carbonyl (C=O) groups is 3. The van der Waals surface area contributed by atoms with Gasteiger partial charge >= 0.3 is 0 Å². The van der Waals surface area contributed by atoms with Gasteiger partial charge in [-0.15, -0.1) is 0 Å². The van der Waals surface area contributed by atoms with Gasteiger partial charge in [-0.2, -0.15) is 0 Å². The lowest BCUT2D eigenvalue weighted by molar-refractivity contribution is -0.135. The quantitative estimate of drug-likeness (QED) is 0.765. The van der Waals surface area contributed by atoms with Crippen molar-refractivity contribution in [3.8, 4) is 0 Å². The van der Waals surface area contributed by atoms with Gasteiger partial charge < -0.3 is 15.5 Å². The molecule has 0 radical (unpaired) electrons. The summed E-state index contributed by atoms with van der Waals surface area (Å²) in [6.07, 6.45) is 3.34. The van der Waals surface area contributed by atoms with Crippen LogP contribution in [0, 0.1) is 19.7 Å². The molecular formula is C25H28FN3O3. The van der Waals surface area contributed by atoms with Gasteiger partial charge in [0.05, 0.1) is 12.5 Å². The van der Waals surface area contributed by atoms with Crippen molar-refractivity contribution in [1.29, 1.82) is 0 Å². The molecule has 2 aromatic rings. The van der Waals surface area contributed by atoms with Gasteiger partial charge in [0.25, 0.3) is 5.91 Å². The van der Waals surface area contributed by atoms with Crippen LogP contribution in [0.4, 0.5) is 10.1 Å². The highest BCUT2D eigenvalue weighted by Gasteiger charge is 2.46. The van der Waals surface area contributed by atoms with E-state index in [9.17, 15) is 18.8 Å². The molecule has 4 rings (SSSR count). The summed E-state index contributed by atoms with van der Waals surface area (Å²) in [5.41, 5.74) is 3.02. The second kappa shape index (κ2) is 9.10. The van der Waals surface area contributed by atoms with Crippen LogP contribution in [0.2, 0.25) is 0 Å². The molecule has 1 aliphatic carbocycles. The summed E-state index contributed by atoms with van der Waals surface area (Å²) in [5, 5.41) is 5.89. The zero-order valence-corrected chi connectivity index (χ0v) is 18.4. The van der Waals surface area contributed by atoms with E-state index in [1.165, 1.54) is 24.3 Å². The first-order valence-electron chi connectivity index (χ1n) is 11.1. The minimum atomic E-state index is -0.919. The van der Waals surface area contributed by atoms with Crippen LogP contribution in [0.25, 0.3) is 0 Å². The van der Waals surface area contributed by atoms with Gasteiger partial charge in [-0.1, -0.05) is 18.9 Å². The van der Waals surface area contributed by atoms with E-state index < -0.39 is 11.9 Å². The van der Waals surface area contributed by atoms with Crippen LogP contribution in [-0.2, 0) is 9.59 Å². The van der Waals surface area contributed by atoms with Crippen LogP contribution in [-0.4, -0.2) is 40.7 Å². The molecule has 2 N–H and O–H groups in total. The largest absolute Gasteiger partial charge is 0.349 e. The Morgan fingerprint density at radius 3 is 2.41 bits per heavy atom. The lowest BCUT2D eigenvalue weighted by atomic mass is 9.84. The number of amides is 3. The normalized spacial score (nSPS) is 22.7. The fourth-order valence-corrected chi connectivity index (χ4v) is 4.91. The lowest BCUT2D eigenvalue weighted by Gasteiger charge is -2.48. The maximum Gasteiger partial charge on any atom is 0.254 e. The third kappa shape index (κ3) is 4.66. The van der Waals surface area contributed by atoms with Crippen molar-refractivity contribution in [2.24, 2.45) is 0 Å². The molecule has 7 heteroatoms. The van der Waals surface area contributed by atoms with E-state index in [1.807, 2.05) is 32.0 Å². The molecule has 1 saturated carbocycles. The highest BCUT2D eigenvalue weighted by atomic mass is 19.1. The minimum Gasteiger partial charge on any atom is -0.349 e. The molecule has 0 bridgehead atoms. The number of hydrogen-bond donors (Lipinski definition) is 2. The van der Waals surface area contributed by atoms with Crippen LogP contribution in [0.1, 0.15) is 53.6 Å². The summed E-state index contributed by atoms with van der Waals surface area (Å²) in [5.74, 6) is -1.43. The van der Waals surface area contributed by atoms with Crippen molar-refractivity contribution >= 4 is 23.4 Å². The summed E-state index contributed by atoms with van der Waals surface area (Å²) < 4.78 is 13.4. The SMILES string of the molecule is Cc1cc(C)cc(NC(=O)CC2C(=O)NC3CCCCC3N2C(=O)c2ccc(F)cc2)c1. The van der Waals surface area contributed by atoms with Crippen LogP contribution >= 0.6 is 0 Å². The second-order valence-electron chi connectivity index (χ2n) is 8.83. The number of rotatable bonds is 4. The number of aryl methyl sites for hydroxylation is 2. The predicted octanol–water partition coefficient (Wildman–Crippen LogP) is 3.72. The number of anilines is 1. The molecule has 3 atom stereocenters. The molecule has 1 aliphatic heterocycles. The fraction of sp³-hybridized carbons (Fsp3) is 0.400. The number of halogens is 1. The van der Waals surface area contributed by atoms with Gasteiger partial charge in [0.2, 0.25) is 11.8 Å². The maximum absolute atomic E-state index is 13.4. The zero-order chi connectivity index (χ0) is 22.8. The van der Waals surface area contributed by atoms with Crippen molar-refractivity contribution in [3.63, 3.8) is 0 Å². The molecule has 2 aromatic carbocycles. The molecule has 3 unspecified atom stereocenters. The van der Waals surface area contributed by atoms with E-state index in [2.05, 4.69) is 10.6 Å². The topological polar surface area (TPSA) is 78.5 Å². The van der Waals surface area contributed by atoms with Crippen molar-refractivity contribution in [1.82, 2.24) is 10.2 Å². The number of benzene rings is 2. The standard InChI is InChI=1S/C25H28FN3O3/c1-15-11-16(2)13-19(12-15)27-23(30)14-22-24(31)28-20-5-3-4-6-21(20)29(22)25(32)17-7-9-18(26)10-8-17/h7-13,20-22H,3-6,14H2,1-2H3,(H,27,30)(H,28,31). The van der Waals surface area contributed by atoms with E-state index in [1.54, 1.807) is 4.90 Å². The number of nitrogens with one attached hydrogen (secondary N) is 2. The molecule has 2 fully saturated rings. The molecule has 32 heavy (non-hydrogen) atoms. The van der Waals surface area contributed by atoms with Crippen molar-refractivity contribution in [2.75, 3.05) is 5.32 Å². The molecule has 0 spiro atoms. The number of carbonyl (C=O) groups excluding carboxylic acids is 3. The fourth-order valence-electron chi connectivity index (χ4n) is 4.91. The minimum absolute atomic E-state index is 0.126. The van der Waals surface area contributed by atoms with Crippen molar-refractivity contribution in [3.05, 3.63) is 65.0 Å². The molecule has 1 saturated heterocycles. The Hall–Kier alpha value is -3.22. The number of piperazine rings is 1. The first-order chi connectivity index (χ1) is 15.3. The highest BCUT2D eigenvalue weighted by Crippen LogP contribution is 2.31. The van der Waals surface area contributed by atoms with Gasteiger partial charge in [0.1, 0.15) is 11.9 Å². The molecule has 3 amide bonds. The monoisotopic (exact) mass is 437 g/mol. The van der Waals surface area contributed by atoms with E-state index in [4.69, 9.17) is 0 Å². The Bertz CT molecular complexity index is 1020. The second-order valence-corrected chi connectivity index (χ2v) is 8.83.